The first-order valence-electron chi connectivity index (χ1n) is 35.8. The van der Waals surface area contributed by atoms with Gasteiger partial charge in [-0.3, -0.25) is 18.6 Å². The lowest BCUT2D eigenvalue weighted by Crippen LogP contribution is -2.29. The fourth-order valence-electron chi connectivity index (χ4n) is 10.6. The van der Waals surface area contributed by atoms with Gasteiger partial charge >= 0.3 is 19.8 Å². The molecular weight excluding hydrogens is 1050 g/mol. The smallest absolute Gasteiger partial charge is 0.462 e. The van der Waals surface area contributed by atoms with Gasteiger partial charge in [-0.1, -0.05) is 331 Å². The zero-order valence-corrected chi connectivity index (χ0v) is 55.6. The number of carbonyl (C=O) groups excluding carboxylic acids is 2. The lowest BCUT2D eigenvalue weighted by molar-refractivity contribution is -0.161. The van der Waals surface area contributed by atoms with Gasteiger partial charge in [-0.25, -0.2) is 4.57 Å². The van der Waals surface area contributed by atoms with E-state index in [2.05, 4.69) is 74.6 Å². The molecule has 0 aliphatic heterocycles. The Bertz CT molecular complexity index is 1540. The Hall–Kier alpha value is -2.29. The Morgan fingerprint density at radius 1 is 0.373 bits per heavy atom. The highest BCUT2D eigenvalue weighted by Crippen LogP contribution is 2.43. The number of rotatable bonds is 68. The van der Waals surface area contributed by atoms with Crippen molar-refractivity contribution in [2.75, 3.05) is 26.4 Å². The first-order chi connectivity index (χ1) is 40.8. The Balaban J connectivity index is 3.79. The first kappa shape index (κ1) is 80.7. The highest BCUT2D eigenvalue weighted by molar-refractivity contribution is 7.47. The Kier molecular flexibility index (Phi) is 66.9. The van der Waals surface area contributed by atoms with Crippen LogP contribution in [0.2, 0.25) is 0 Å². The van der Waals surface area contributed by atoms with Crippen LogP contribution in [0.15, 0.2) is 60.8 Å². The van der Waals surface area contributed by atoms with Crippen LogP contribution in [-0.2, 0) is 32.7 Å². The van der Waals surface area contributed by atoms with Crippen LogP contribution in [0, 0.1) is 0 Å². The van der Waals surface area contributed by atoms with Crippen LogP contribution in [-0.4, -0.2) is 49.3 Å². The summed E-state index contributed by atoms with van der Waals surface area (Å²) >= 11 is 0. The summed E-state index contributed by atoms with van der Waals surface area (Å²) in [5.41, 5.74) is 5.40. The van der Waals surface area contributed by atoms with Crippen LogP contribution in [0.25, 0.3) is 0 Å². The highest BCUT2D eigenvalue weighted by atomic mass is 31.2. The molecule has 0 rings (SSSR count). The SMILES string of the molecule is CC/C=C\C/C=C\C/C=C\C/C=C\CCCCCCCCCCCCCCC(=O)OC(COC(=O)CCCCCCCCCCCCCCCCCCCCCCCCCCC/C=C\CCCCCCCCCC)COP(=O)(O)OCCN. The largest absolute Gasteiger partial charge is 0.472 e. The molecule has 0 aromatic heterocycles. The molecule has 0 spiro atoms. The summed E-state index contributed by atoms with van der Waals surface area (Å²) in [5, 5.41) is 0. The lowest BCUT2D eigenvalue weighted by atomic mass is 10.0. The number of unbranched alkanes of at least 4 members (excludes halogenated alkanes) is 45. The van der Waals surface area contributed by atoms with Gasteiger partial charge in [0.2, 0.25) is 0 Å². The molecule has 10 heteroatoms. The monoisotopic (exact) mass is 1190 g/mol. The summed E-state index contributed by atoms with van der Waals surface area (Å²) in [6.07, 6.45) is 89.1. The number of ether oxygens (including phenoxy) is 2. The van der Waals surface area contributed by atoms with Gasteiger partial charge in [-0.2, -0.15) is 0 Å². The van der Waals surface area contributed by atoms with Crippen molar-refractivity contribution >= 4 is 19.8 Å². The lowest BCUT2D eigenvalue weighted by Gasteiger charge is -2.19. The molecule has 0 bridgehead atoms. The van der Waals surface area contributed by atoms with Crippen LogP contribution in [0.4, 0.5) is 0 Å². The summed E-state index contributed by atoms with van der Waals surface area (Å²) in [6, 6.07) is 0. The van der Waals surface area contributed by atoms with Gasteiger partial charge in [-0.05, 0) is 77.0 Å². The number of phosphoric acid groups is 1. The van der Waals surface area contributed by atoms with Gasteiger partial charge < -0.3 is 20.1 Å². The number of allylic oxidation sites excluding steroid dienone is 10. The molecule has 0 saturated carbocycles. The van der Waals surface area contributed by atoms with Gasteiger partial charge in [0.1, 0.15) is 6.61 Å². The maximum atomic E-state index is 12.8. The van der Waals surface area contributed by atoms with Crippen molar-refractivity contribution in [1.82, 2.24) is 0 Å². The van der Waals surface area contributed by atoms with Crippen molar-refractivity contribution in [3.8, 4) is 0 Å². The minimum atomic E-state index is -4.39. The standard InChI is InChI=1S/C73H136NO8P/c1-3-5-7-9-11-13-15-17-19-21-23-25-27-29-30-31-32-33-34-35-36-37-38-39-40-42-43-45-47-49-51-53-55-57-59-61-63-65-72(75)79-69-71(70-81-83(77,78)80-68-67-74)82-73(76)66-64-62-60-58-56-54-52-50-48-46-44-41-28-26-24-22-20-18-16-14-12-10-8-6-4-2/h6,8,12,14,18,20-21,23-24,26,71H,3-5,7,9-11,13,15-17,19,22,25,27-70,74H2,1-2H3,(H,77,78)/b8-6-,14-12-,20-18-,23-21-,26-24-. The Morgan fingerprint density at radius 3 is 1.00 bits per heavy atom. The van der Waals surface area contributed by atoms with E-state index in [1.807, 2.05) is 0 Å². The van der Waals surface area contributed by atoms with Crippen LogP contribution in [0.1, 0.15) is 361 Å². The number of carbonyl (C=O) groups is 2. The Labute approximate surface area is 514 Å². The van der Waals surface area contributed by atoms with Gasteiger partial charge in [0.05, 0.1) is 13.2 Å². The average Bonchev–Trinajstić information content (AvgIpc) is 3.49. The van der Waals surface area contributed by atoms with Crippen LogP contribution < -0.4 is 5.73 Å². The fraction of sp³-hybridized carbons (Fsp3) is 0.836. The number of phosphoric ester groups is 1. The zero-order chi connectivity index (χ0) is 60.1. The van der Waals surface area contributed by atoms with Crippen LogP contribution in [0.3, 0.4) is 0 Å². The van der Waals surface area contributed by atoms with E-state index < -0.39 is 26.5 Å². The van der Waals surface area contributed by atoms with Crippen molar-refractivity contribution in [1.29, 1.82) is 0 Å². The van der Waals surface area contributed by atoms with Gasteiger partial charge in [-0.15, -0.1) is 0 Å². The summed E-state index contributed by atoms with van der Waals surface area (Å²) in [5.74, 6) is -0.814. The van der Waals surface area contributed by atoms with Crippen molar-refractivity contribution in [2.45, 2.75) is 367 Å². The first-order valence-corrected chi connectivity index (χ1v) is 37.3. The molecular formula is C73H136NO8P. The molecule has 0 fully saturated rings. The Morgan fingerprint density at radius 2 is 0.663 bits per heavy atom. The van der Waals surface area contributed by atoms with Crippen molar-refractivity contribution in [3.63, 3.8) is 0 Å². The predicted octanol–water partition coefficient (Wildman–Crippen LogP) is 23.4. The molecule has 2 atom stereocenters. The third-order valence-electron chi connectivity index (χ3n) is 15.9. The molecule has 9 nitrogen and oxygen atoms in total. The highest BCUT2D eigenvalue weighted by Gasteiger charge is 2.26. The van der Waals surface area contributed by atoms with E-state index in [-0.39, 0.29) is 38.6 Å². The van der Waals surface area contributed by atoms with E-state index in [4.69, 9.17) is 24.3 Å². The molecule has 83 heavy (non-hydrogen) atoms. The molecule has 3 N–H and O–H groups in total. The van der Waals surface area contributed by atoms with Crippen LogP contribution >= 0.6 is 7.82 Å². The second kappa shape index (κ2) is 68.8. The van der Waals surface area contributed by atoms with E-state index in [9.17, 15) is 19.0 Å². The molecule has 0 heterocycles. The van der Waals surface area contributed by atoms with E-state index >= 15 is 0 Å². The van der Waals surface area contributed by atoms with Crippen molar-refractivity contribution in [2.24, 2.45) is 5.73 Å². The van der Waals surface area contributed by atoms with Crippen LogP contribution in [0.5, 0.6) is 0 Å². The minimum absolute atomic E-state index is 0.0532. The topological polar surface area (TPSA) is 134 Å². The van der Waals surface area contributed by atoms with E-state index in [0.29, 0.717) is 6.42 Å². The number of hydrogen-bond acceptors (Lipinski definition) is 8. The molecule has 0 aromatic rings. The zero-order valence-electron chi connectivity index (χ0n) is 54.7. The van der Waals surface area contributed by atoms with Gasteiger partial charge in [0, 0.05) is 19.4 Å². The minimum Gasteiger partial charge on any atom is -0.462 e. The summed E-state index contributed by atoms with van der Waals surface area (Å²) < 4.78 is 33.2. The number of esters is 2. The second-order valence-electron chi connectivity index (χ2n) is 24.1. The third kappa shape index (κ3) is 68.7. The maximum Gasteiger partial charge on any atom is 0.472 e. The van der Waals surface area contributed by atoms with E-state index in [1.54, 1.807) is 0 Å². The summed E-state index contributed by atoms with van der Waals surface area (Å²) in [6.45, 7) is 3.69. The fourth-order valence-corrected chi connectivity index (χ4v) is 11.4. The predicted molar refractivity (Wildman–Crippen MR) is 358 cm³/mol. The molecule has 0 radical (unpaired) electrons. The maximum absolute atomic E-state index is 12.8. The van der Waals surface area contributed by atoms with Gasteiger partial charge in [0.15, 0.2) is 6.10 Å². The molecule has 0 aliphatic rings. The van der Waals surface area contributed by atoms with Crippen molar-refractivity contribution < 1.29 is 37.6 Å². The van der Waals surface area contributed by atoms with Gasteiger partial charge in [0.25, 0.3) is 0 Å². The van der Waals surface area contributed by atoms with E-state index in [1.165, 1.54) is 263 Å². The summed E-state index contributed by atoms with van der Waals surface area (Å²) in [4.78, 5) is 35.4. The van der Waals surface area contributed by atoms with E-state index in [0.717, 1.165) is 64.2 Å². The molecule has 0 aliphatic carbocycles. The normalized spacial score (nSPS) is 13.3. The molecule has 486 valence electrons. The molecule has 2 unspecified atom stereocenters. The quantitative estimate of drug-likeness (QED) is 0.0264. The second-order valence-corrected chi connectivity index (χ2v) is 25.5. The number of hydrogen-bond donors (Lipinski definition) is 2. The van der Waals surface area contributed by atoms with Crippen molar-refractivity contribution in [3.05, 3.63) is 60.8 Å². The number of nitrogens with two attached hydrogens (primary N) is 1. The third-order valence-corrected chi connectivity index (χ3v) is 16.9. The summed E-state index contributed by atoms with van der Waals surface area (Å²) in [7, 11) is -4.39. The molecule has 0 amide bonds. The molecule has 0 saturated heterocycles. The molecule has 0 aromatic carbocycles. The average molecular weight is 1190 g/mol.